The number of nitrogens with one attached hydrogen (secondary N) is 4. The maximum atomic E-state index is 13.8. The number of aromatic nitrogens is 4. The number of imidazole rings is 2. The first-order chi connectivity index (χ1) is 28.1. The summed E-state index contributed by atoms with van der Waals surface area (Å²) in [6.45, 7) is 4.94. The van der Waals surface area contributed by atoms with Crippen molar-refractivity contribution in [3.63, 3.8) is 0 Å². The topological polar surface area (TPSA) is 175 Å². The van der Waals surface area contributed by atoms with Gasteiger partial charge in [0.2, 0.25) is 5.91 Å². The first kappa shape index (κ1) is 38.2. The number of aromatic amines is 2. The van der Waals surface area contributed by atoms with Crippen molar-refractivity contribution in [2.45, 2.75) is 57.3 Å². The fourth-order valence-electron chi connectivity index (χ4n) is 8.02. The van der Waals surface area contributed by atoms with Gasteiger partial charge in [-0.3, -0.25) is 9.59 Å². The van der Waals surface area contributed by atoms with Crippen LogP contribution in [0.4, 0.5) is 9.59 Å². The molecule has 0 radical (unpaired) electrons. The highest BCUT2D eigenvalue weighted by molar-refractivity contribution is 5.92. The van der Waals surface area contributed by atoms with Crippen LogP contribution in [0.15, 0.2) is 91.1 Å². The molecule has 4 heterocycles. The summed E-state index contributed by atoms with van der Waals surface area (Å²) in [5.41, 5.74) is 6.26. The Balaban J connectivity index is 0.976. The lowest BCUT2D eigenvalue weighted by Gasteiger charge is -2.41. The number of H-pyrrole nitrogens is 2. The van der Waals surface area contributed by atoms with Crippen LogP contribution < -0.4 is 10.6 Å². The third kappa shape index (κ3) is 7.44. The number of amides is 4. The van der Waals surface area contributed by atoms with Gasteiger partial charge in [0.25, 0.3) is 5.91 Å². The Kier molecular flexibility index (Phi) is 10.6. The van der Waals surface area contributed by atoms with Crippen LogP contribution in [0.25, 0.3) is 44.2 Å². The van der Waals surface area contributed by atoms with Crippen LogP contribution in [0.3, 0.4) is 0 Å². The van der Waals surface area contributed by atoms with Gasteiger partial charge in [0.15, 0.2) is 0 Å². The number of ether oxygens (including phenoxy) is 2. The summed E-state index contributed by atoms with van der Waals surface area (Å²) in [6, 6.07) is 25.9. The van der Waals surface area contributed by atoms with Gasteiger partial charge in [-0.2, -0.15) is 0 Å². The van der Waals surface area contributed by atoms with Crippen LogP contribution in [-0.2, 0) is 19.1 Å². The number of carbonyl (C=O) groups is 4. The average molecular weight is 783 g/mol. The number of carbonyl (C=O) groups excluding carboxylic acids is 4. The van der Waals surface area contributed by atoms with Gasteiger partial charge in [-0.1, -0.05) is 74.5 Å². The number of nitrogens with zero attached hydrogens (tertiary/aromatic N) is 4. The normalized spacial score (nSPS) is 17.5. The van der Waals surface area contributed by atoms with Gasteiger partial charge in [0.1, 0.15) is 23.7 Å². The van der Waals surface area contributed by atoms with E-state index in [4.69, 9.17) is 19.4 Å². The zero-order valence-corrected chi connectivity index (χ0v) is 32.8. The second-order valence-electron chi connectivity index (χ2n) is 15.2. The lowest BCUT2D eigenvalue weighted by atomic mass is 9.98. The maximum Gasteiger partial charge on any atom is 0.407 e. The van der Waals surface area contributed by atoms with E-state index in [1.165, 1.54) is 14.2 Å². The third-order valence-corrected chi connectivity index (χ3v) is 11.3. The molecule has 4 amide bonds. The molecule has 2 fully saturated rings. The Morgan fingerprint density at radius 2 is 1.38 bits per heavy atom. The van der Waals surface area contributed by atoms with Gasteiger partial charge in [-0.15, -0.1) is 0 Å². The van der Waals surface area contributed by atoms with Crippen LogP contribution in [-0.4, -0.2) is 87.1 Å². The molecule has 58 heavy (non-hydrogen) atoms. The standard InChI is InChI=1S/C44H46N8O6/c1-25(2)37(49-43(55)57-3)41(53)51-19-8-11-35(51)39-45-24-34(48-39)31-15-14-27-21-28(12-13-29(27)22-31)30-16-17-32-33(23-30)47-40(46-32)36-18-20-52(36)42(54)38(50-44(56)58-4)26-9-6-5-7-10-26/h5-7,9-10,12-17,21-25,35-38H,8,11,18-20H2,1-4H3,(H,45,48)(H,46,47)(H,49,55)(H,50,56). The number of fused-ring (bicyclic) bond motifs is 2. The van der Waals surface area contributed by atoms with Gasteiger partial charge in [0, 0.05) is 18.7 Å². The van der Waals surface area contributed by atoms with Crippen molar-refractivity contribution in [3.05, 3.63) is 108 Å². The van der Waals surface area contributed by atoms with E-state index in [9.17, 15) is 19.2 Å². The van der Waals surface area contributed by atoms with Crippen molar-refractivity contribution in [3.8, 4) is 22.4 Å². The average Bonchev–Trinajstić information content (AvgIpc) is 4.01. The van der Waals surface area contributed by atoms with Crippen molar-refractivity contribution in [2.75, 3.05) is 27.3 Å². The Morgan fingerprint density at radius 1 is 0.724 bits per heavy atom. The van der Waals surface area contributed by atoms with E-state index in [-0.39, 0.29) is 29.8 Å². The van der Waals surface area contributed by atoms with Crippen molar-refractivity contribution in [2.24, 2.45) is 5.92 Å². The highest BCUT2D eigenvalue weighted by atomic mass is 16.5. The SMILES string of the molecule is COC(=O)NC(C(=O)N1CCC1c1nc2ccc(-c3ccc4cc(-c5cnc(C6CCCN6C(=O)C(NC(=O)OC)C(C)C)[nH]5)ccc4c3)cc2[nH]1)c1ccccc1. The molecule has 2 saturated heterocycles. The van der Waals surface area contributed by atoms with Crippen molar-refractivity contribution in [1.29, 1.82) is 0 Å². The van der Waals surface area contributed by atoms with E-state index in [1.54, 1.807) is 4.90 Å². The number of hydrogen-bond acceptors (Lipinski definition) is 8. The van der Waals surface area contributed by atoms with Crippen LogP contribution >= 0.6 is 0 Å². The first-order valence-corrected chi connectivity index (χ1v) is 19.6. The van der Waals surface area contributed by atoms with E-state index >= 15 is 0 Å². The number of likely N-dealkylation sites (tertiary alicyclic amines) is 2. The molecule has 8 rings (SSSR count). The molecular weight excluding hydrogens is 737 g/mol. The largest absolute Gasteiger partial charge is 0.453 e. The molecule has 0 spiro atoms. The minimum atomic E-state index is -0.879. The van der Waals surface area contributed by atoms with Crippen molar-refractivity contribution in [1.82, 2.24) is 40.4 Å². The summed E-state index contributed by atoms with van der Waals surface area (Å²) in [4.78, 5) is 71.6. The zero-order chi connectivity index (χ0) is 40.5. The lowest BCUT2D eigenvalue weighted by Crippen LogP contribution is -2.51. The molecule has 2 aromatic heterocycles. The Bertz CT molecular complexity index is 2500. The highest BCUT2D eigenvalue weighted by Gasteiger charge is 2.40. The molecule has 0 saturated carbocycles. The number of alkyl carbamates (subject to hydrolysis) is 2. The molecule has 4 atom stereocenters. The minimum Gasteiger partial charge on any atom is -0.453 e. The second kappa shape index (κ2) is 16.0. The number of hydrogen-bond donors (Lipinski definition) is 4. The van der Waals surface area contributed by atoms with Crippen molar-refractivity contribution >= 4 is 45.8 Å². The fourth-order valence-corrected chi connectivity index (χ4v) is 8.02. The van der Waals surface area contributed by atoms with Gasteiger partial charge in [-0.25, -0.2) is 19.6 Å². The van der Waals surface area contributed by atoms with Crippen LogP contribution in [0.2, 0.25) is 0 Å². The Hall–Kier alpha value is -6.70. The predicted molar refractivity (Wildman–Crippen MR) is 218 cm³/mol. The van der Waals surface area contributed by atoms with Gasteiger partial charge < -0.3 is 39.9 Å². The van der Waals surface area contributed by atoms with E-state index in [0.29, 0.717) is 24.5 Å². The molecule has 4 unspecified atom stereocenters. The summed E-state index contributed by atoms with van der Waals surface area (Å²) in [5, 5.41) is 7.54. The fraction of sp³-hybridized carbons (Fsp3) is 0.318. The van der Waals surface area contributed by atoms with Crippen molar-refractivity contribution < 1.29 is 28.7 Å². The zero-order valence-electron chi connectivity index (χ0n) is 32.8. The third-order valence-electron chi connectivity index (χ3n) is 11.3. The molecule has 0 bridgehead atoms. The lowest BCUT2D eigenvalue weighted by molar-refractivity contribution is -0.142. The number of methoxy groups -OCH3 is 2. The minimum absolute atomic E-state index is 0.111. The molecule has 4 aromatic carbocycles. The smallest absolute Gasteiger partial charge is 0.407 e. The quantitative estimate of drug-likeness (QED) is 0.113. The molecule has 4 N–H and O–H groups in total. The molecule has 14 heteroatoms. The Labute approximate surface area is 335 Å². The summed E-state index contributed by atoms with van der Waals surface area (Å²) >= 11 is 0. The summed E-state index contributed by atoms with van der Waals surface area (Å²) in [5.74, 6) is 0.945. The molecular formula is C44H46N8O6. The van der Waals surface area contributed by atoms with Gasteiger partial charge in [-0.05, 0) is 76.9 Å². The van der Waals surface area contributed by atoms with Crippen LogP contribution in [0.1, 0.15) is 68.4 Å². The molecule has 298 valence electrons. The monoisotopic (exact) mass is 782 g/mol. The van der Waals surface area contributed by atoms with E-state index < -0.39 is 24.3 Å². The van der Waals surface area contributed by atoms with E-state index in [2.05, 4.69) is 69.1 Å². The summed E-state index contributed by atoms with van der Waals surface area (Å²) in [6.07, 6.45) is 2.88. The molecule has 2 aliphatic heterocycles. The maximum absolute atomic E-state index is 13.8. The summed E-state index contributed by atoms with van der Waals surface area (Å²) < 4.78 is 9.58. The molecule has 14 nitrogen and oxygen atoms in total. The van der Waals surface area contributed by atoms with Crippen LogP contribution in [0, 0.1) is 5.92 Å². The number of rotatable bonds is 10. The van der Waals surface area contributed by atoms with Gasteiger partial charge >= 0.3 is 12.2 Å². The molecule has 0 aliphatic carbocycles. The first-order valence-electron chi connectivity index (χ1n) is 19.6. The summed E-state index contributed by atoms with van der Waals surface area (Å²) in [7, 11) is 2.57. The number of benzene rings is 4. The Morgan fingerprint density at radius 3 is 2.09 bits per heavy atom. The van der Waals surface area contributed by atoms with E-state index in [1.807, 2.05) is 61.3 Å². The highest BCUT2D eigenvalue weighted by Crippen LogP contribution is 2.37. The van der Waals surface area contributed by atoms with Crippen LogP contribution in [0.5, 0.6) is 0 Å². The van der Waals surface area contributed by atoms with Gasteiger partial charge in [0.05, 0.1) is 49.2 Å². The molecule has 2 aliphatic rings. The molecule has 6 aromatic rings. The van der Waals surface area contributed by atoms with E-state index in [0.717, 1.165) is 69.3 Å². The predicted octanol–water partition coefficient (Wildman–Crippen LogP) is 7.19. The second-order valence-corrected chi connectivity index (χ2v) is 15.2.